The van der Waals surface area contributed by atoms with Crippen molar-refractivity contribution in [3.8, 4) is 44.9 Å². The Bertz CT molecular complexity index is 2500. The molecule has 1 spiro atoms. The molecule has 0 bridgehead atoms. The van der Waals surface area contributed by atoms with Crippen LogP contribution in [-0.2, 0) is 0 Å². The van der Waals surface area contributed by atoms with E-state index >= 15 is 0 Å². The summed E-state index contributed by atoms with van der Waals surface area (Å²) in [4.78, 5) is 2.32. The molecule has 0 saturated heterocycles. The molecule has 0 fully saturated rings. The molecule has 2 heterocycles. The van der Waals surface area contributed by atoms with Crippen molar-refractivity contribution in [1.29, 1.82) is 0 Å². The van der Waals surface area contributed by atoms with E-state index in [4.69, 9.17) is 4.74 Å². The van der Waals surface area contributed by atoms with Gasteiger partial charge in [0, 0.05) is 17.1 Å². The first-order valence-corrected chi connectivity index (χ1v) is 19.5. The molecule has 8 aromatic rings. The van der Waals surface area contributed by atoms with Crippen LogP contribution in [-0.4, -0.2) is 8.07 Å². The molecule has 0 aliphatic carbocycles. The molecule has 0 atom stereocenters. The summed E-state index contributed by atoms with van der Waals surface area (Å²) in [6.45, 7) is 0. The van der Waals surface area contributed by atoms with Crippen LogP contribution in [0.5, 0.6) is 11.5 Å². The Balaban J connectivity index is 1.08. The van der Waals surface area contributed by atoms with Gasteiger partial charge < -0.3 is 9.64 Å². The lowest BCUT2D eigenvalue weighted by Crippen LogP contribution is -2.74. The minimum Gasteiger partial charge on any atom is -0.458 e. The van der Waals surface area contributed by atoms with E-state index in [0.29, 0.717) is 0 Å². The van der Waals surface area contributed by atoms with Crippen LogP contribution in [0.1, 0.15) is 0 Å². The van der Waals surface area contributed by atoms with Gasteiger partial charge in [-0.15, -0.1) is 0 Å². The summed E-state index contributed by atoms with van der Waals surface area (Å²) < 4.78 is 6.70. The third kappa shape index (κ3) is 4.63. The summed E-state index contributed by atoms with van der Waals surface area (Å²) >= 11 is 0. The zero-order valence-corrected chi connectivity index (χ0v) is 28.9. The van der Waals surface area contributed by atoms with Crippen molar-refractivity contribution in [3.63, 3.8) is 0 Å². The maximum absolute atomic E-state index is 6.70. The van der Waals surface area contributed by atoms with Crippen molar-refractivity contribution in [2.24, 2.45) is 0 Å². The second kappa shape index (κ2) is 11.9. The normalized spacial score (nSPS) is 13.0. The highest BCUT2D eigenvalue weighted by atomic mass is 28.3. The highest BCUT2D eigenvalue weighted by molar-refractivity contribution is 7.23. The highest BCUT2D eigenvalue weighted by Crippen LogP contribution is 2.39. The van der Waals surface area contributed by atoms with E-state index in [-0.39, 0.29) is 0 Å². The Morgan fingerprint density at radius 2 is 0.745 bits per heavy atom. The quantitative estimate of drug-likeness (QED) is 0.170. The first-order chi connectivity index (χ1) is 25.3. The molecular weight excluding hydrogens is 635 g/mol. The van der Waals surface area contributed by atoms with Gasteiger partial charge in [0.1, 0.15) is 11.5 Å². The van der Waals surface area contributed by atoms with Crippen molar-refractivity contribution in [3.05, 3.63) is 200 Å². The predicted octanol–water partition coefficient (Wildman–Crippen LogP) is 9.95. The zero-order valence-electron chi connectivity index (χ0n) is 27.9. The average molecular weight is 668 g/mol. The zero-order chi connectivity index (χ0) is 33.8. The van der Waals surface area contributed by atoms with Gasteiger partial charge in [0.25, 0.3) is 0 Å². The van der Waals surface area contributed by atoms with Crippen LogP contribution >= 0.6 is 0 Å². The van der Waals surface area contributed by atoms with E-state index in [9.17, 15) is 0 Å². The van der Waals surface area contributed by atoms with E-state index in [2.05, 4.69) is 205 Å². The van der Waals surface area contributed by atoms with Gasteiger partial charge in [-0.05, 0) is 103 Å². The minimum absolute atomic E-state index is 0.960. The van der Waals surface area contributed by atoms with Gasteiger partial charge in [-0.2, -0.15) is 0 Å². The second-order valence-corrected chi connectivity index (χ2v) is 16.9. The Kier molecular flexibility index (Phi) is 6.86. The van der Waals surface area contributed by atoms with Gasteiger partial charge in [-0.25, -0.2) is 0 Å². The Labute approximate surface area is 299 Å². The molecule has 2 aliphatic heterocycles. The van der Waals surface area contributed by atoms with E-state index in [1.165, 1.54) is 54.1 Å². The standard InChI is InChI=1S/C48H33NOSi/c1-3-13-34(14-4-1)35-23-28-39(29-24-35)49(38-15-5-2-6-16-38)40-30-25-36(26-31-40)37-27-32-44-48(33-37)51(47-22-12-9-19-43(47)50-44)45-20-10-7-17-41(45)42-18-8-11-21-46(42)51/h1-33H. The van der Waals surface area contributed by atoms with E-state index < -0.39 is 8.07 Å². The Morgan fingerprint density at radius 3 is 1.37 bits per heavy atom. The topological polar surface area (TPSA) is 12.5 Å². The van der Waals surface area contributed by atoms with Crippen LogP contribution in [0.2, 0.25) is 0 Å². The number of hydrogen-bond donors (Lipinski definition) is 0. The summed E-state index contributed by atoms with van der Waals surface area (Å²) in [5.41, 5.74) is 10.8. The van der Waals surface area contributed by atoms with Gasteiger partial charge in [0.2, 0.25) is 0 Å². The lowest BCUT2D eigenvalue weighted by Gasteiger charge is -2.37. The summed E-state index contributed by atoms with van der Waals surface area (Å²) in [6.07, 6.45) is 0. The van der Waals surface area contributed by atoms with Crippen molar-refractivity contribution in [2.75, 3.05) is 4.90 Å². The predicted molar refractivity (Wildman–Crippen MR) is 215 cm³/mol. The van der Waals surface area contributed by atoms with Crippen molar-refractivity contribution in [2.45, 2.75) is 0 Å². The van der Waals surface area contributed by atoms with Crippen molar-refractivity contribution >= 4 is 45.9 Å². The molecule has 0 radical (unpaired) electrons. The Hall–Kier alpha value is -6.42. The van der Waals surface area contributed by atoms with Gasteiger partial charge >= 0.3 is 0 Å². The molecule has 0 amide bonds. The summed E-state index contributed by atoms with van der Waals surface area (Å²) in [6, 6.07) is 72.6. The molecule has 2 aliphatic rings. The number of benzene rings is 8. The monoisotopic (exact) mass is 667 g/mol. The molecule has 0 saturated carbocycles. The number of nitrogens with zero attached hydrogens (tertiary/aromatic N) is 1. The number of hydrogen-bond acceptors (Lipinski definition) is 2. The second-order valence-electron chi connectivity index (χ2n) is 13.3. The van der Waals surface area contributed by atoms with Gasteiger partial charge in [0.15, 0.2) is 8.07 Å². The van der Waals surface area contributed by atoms with E-state index in [1.54, 1.807) is 0 Å². The molecule has 51 heavy (non-hydrogen) atoms. The van der Waals surface area contributed by atoms with Crippen LogP contribution < -0.4 is 30.4 Å². The molecule has 0 N–H and O–H groups in total. The lowest BCUT2D eigenvalue weighted by atomic mass is 10.0. The molecule has 0 aromatic heterocycles. The third-order valence-electron chi connectivity index (χ3n) is 10.6. The maximum Gasteiger partial charge on any atom is 0.189 e. The van der Waals surface area contributed by atoms with Crippen molar-refractivity contribution in [1.82, 2.24) is 0 Å². The summed E-state index contributed by atoms with van der Waals surface area (Å²) in [5, 5.41) is 5.50. The summed E-state index contributed by atoms with van der Waals surface area (Å²) in [7, 11) is -2.65. The van der Waals surface area contributed by atoms with Crippen LogP contribution in [0.15, 0.2) is 200 Å². The number of ether oxygens (including phenoxy) is 1. The average Bonchev–Trinajstić information content (AvgIpc) is 3.50. The molecule has 2 nitrogen and oxygen atoms in total. The van der Waals surface area contributed by atoms with Crippen LogP contribution in [0, 0.1) is 0 Å². The Morgan fingerprint density at radius 1 is 0.314 bits per heavy atom. The first-order valence-electron chi connectivity index (χ1n) is 17.5. The van der Waals surface area contributed by atoms with E-state index in [0.717, 1.165) is 28.6 Å². The van der Waals surface area contributed by atoms with Gasteiger partial charge in [-0.3, -0.25) is 0 Å². The molecule has 8 aromatic carbocycles. The number of para-hydroxylation sites is 2. The summed E-state index contributed by atoms with van der Waals surface area (Å²) in [5.74, 6) is 1.93. The number of fused-ring (bicyclic) bond motifs is 9. The fourth-order valence-corrected chi connectivity index (χ4v) is 13.7. The van der Waals surface area contributed by atoms with Crippen LogP contribution in [0.25, 0.3) is 33.4 Å². The fourth-order valence-electron chi connectivity index (χ4n) is 8.30. The number of rotatable bonds is 5. The lowest BCUT2D eigenvalue weighted by molar-refractivity contribution is 0.487. The molecule has 3 heteroatoms. The highest BCUT2D eigenvalue weighted by Gasteiger charge is 2.53. The number of anilines is 3. The van der Waals surface area contributed by atoms with Gasteiger partial charge in [-0.1, -0.05) is 152 Å². The molecular formula is C48H33NOSi. The van der Waals surface area contributed by atoms with Gasteiger partial charge in [0.05, 0.1) is 0 Å². The first kappa shape index (κ1) is 29.5. The van der Waals surface area contributed by atoms with Crippen LogP contribution in [0.4, 0.5) is 17.1 Å². The fraction of sp³-hybridized carbons (Fsp3) is 0. The molecule has 10 rings (SSSR count). The SMILES string of the molecule is c1ccc(-c2ccc(N(c3ccccc3)c3ccc(-c4ccc5c(c4)[Si]4(c6ccccc6O5)c5ccccc5-c5ccccc54)cc3)cc2)cc1. The smallest absolute Gasteiger partial charge is 0.189 e. The minimum atomic E-state index is -2.65. The van der Waals surface area contributed by atoms with Crippen LogP contribution in [0.3, 0.4) is 0 Å². The van der Waals surface area contributed by atoms with Crippen molar-refractivity contribution < 1.29 is 4.74 Å². The van der Waals surface area contributed by atoms with E-state index in [1.807, 2.05) is 0 Å². The third-order valence-corrected chi connectivity index (χ3v) is 15.5. The molecule has 240 valence electrons. The maximum atomic E-state index is 6.70. The molecule has 0 unspecified atom stereocenters. The largest absolute Gasteiger partial charge is 0.458 e.